The zero-order valence-corrected chi connectivity index (χ0v) is 9.23. The number of hydrogen-bond acceptors (Lipinski definition) is 2. The highest BCUT2D eigenvalue weighted by atomic mass is 15.2. The van der Waals surface area contributed by atoms with Crippen LogP contribution in [0.5, 0.6) is 0 Å². The summed E-state index contributed by atoms with van der Waals surface area (Å²) in [6.45, 7) is 8.25. The molecule has 0 aromatic carbocycles. The van der Waals surface area contributed by atoms with Crippen LogP contribution in [0.25, 0.3) is 5.52 Å². The molecule has 0 spiro atoms. The van der Waals surface area contributed by atoms with E-state index in [2.05, 4.69) is 23.9 Å². The first-order valence-electron chi connectivity index (χ1n) is 5.06. The highest BCUT2D eigenvalue weighted by Gasteiger charge is 2.01. The second-order valence-corrected chi connectivity index (χ2v) is 3.17. The standard InChI is InChI=1S/C9H11N3.C2H6/c1-7(2)9-6-12-8(5-10-9)3-4-11-12;1-2/h3-7H,1-2H3;1-2H3. The minimum Gasteiger partial charge on any atom is -0.257 e. The summed E-state index contributed by atoms with van der Waals surface area (Å²) in [6.07, 6.45) is 5.60. The van der Waals surface area contributed by atoms with Crippen LogP contribution in [0.1, 0.15) is 39.3 Å². The Morgan fingerprint density at radius 1 is 1.29 bits per heavy atom. The Morgan fingerprint density at radius 3 is 2.64 bits per heavy atom. The van der Waals surface area contributed by atoms with Gasteiger partial charge < -0.3 is 0 Å². The van der Waals surface area contributed by atoms with Crippen LogP contribution >= 0.6 is 0 Å². The fraction of sp³-hybridized carbons (Fsp3) is 0.455. The van der Waals surface area contributed by atoms with E-state index in [4.69, 9.17) is 0 Å². The molecule has 2 aromatic heterocycles. The monoisotopic (exact) mass is 191 g/mol. The van der Waals surface area contributed by atoms with Gasteiger partial charge >= 0.3 is 0 Å². The van der Waals surface area contributed by atoms with Crippen LogP contribution < -0.4 is 0 Å². The van der Waals surface area contributed by atoms with Gasteiger partial charge in [-0.25, -0.2) is 4.52 Å². The Hall–Kier alpha value is -1.38. The SMILES string of the molecule is CC.CC(C)c1cn2nccc2cn1. The predicted octanol–water partition coefficient (Wildman–Crippen LogP) is 2.88. The number of aromatic nitrogens is 3. The molecule has 3 nitrogen and oxygen atoms in total. The summed E-state index contributed by atoms with van der Waals surface area (Å²) >= 11 is 0. The summed E-state index contributed by atoms with van der Waals surface area (Å²) in [7, 11) is 0. The third-order valence-electron chi connectivity index (χ3n) is 1.89. The molecular formula is C11H17N3. The molecule has 3 heteroatoms. The van der Waals surface area contributed by atoms with E-state index in [-0.39, 0.29) is 0 Å². The summed E-state index contributed by atoms with van der Waals surface area (Å²) in [5, 5.41) is 4.14. The highest BCUT2D eigenvalue weighted by Crippen LogP contribution is 2.11. The number of nitrogens with zero attached hydrogens (tertiary/aromatic N) is 3. The third-order valence-corrected chi connectivity index (χ3v) is 1.89. The molecular weight excluding hydrogens is 174 g/mol. The summed E-state index contributed by atoms with van der Waals surface area (Å²) in [6, 6.07) is 1.94. The minimum absolute atomic E-state index is 0.457. The van der Waals surface area contributed by atoms with Crippen molar-refractivity contribution >= 4 is 5.52 Å². The molecule has 0 saturated heterocycles. The average molecular weight is 191 g/mol. The Kier molecular flexibility index (Phi) is 3.63. The molecule has 2 rings (SSSR count). The van der Waals surface area contributed by atoms with Gasteiger partial charge in [0.2, 0.25) is 0 Å². The Bertz CT molecular complexity index is 390. The van der Waals surface area contributed by atoms with Crippen LogP contribution in [-0.4, -0.2) is 14.6 Å². The van der Waals surface area contributed by atoms with Crippen molar-refractivity contribution in [2.45, 2.75) is 33.6 Å². The molecule has 76 valence electrons. The zero-order chi connectivity index (χ0) is 10.6. The predicted molar refractivity (Wildman–Crippen MR) is 58.4 cm³/mol. The lowest BCUT2D eigenvalue weighted by Gasteiger charge is -2.03. The summed E-state index contributed by atoms with van der Waals surface area (Å²) in [5.41, 5.74) is 2.12. The first-order valence-corrected chi connectivity index (χ1v) is 5.06. The Balaban J connectivity index is 0.000000461. The molecule has 0 aliphatic rings. The number of hydrogen-bond donors (Lipinski definition) is 0. The lowest BCUT2D eigenvalue weighted by atomic mass is 10.1. The van der Waals surface area contributed by atoms with Crippen molar-refractivity contribution in [2.24, 2.45) is 0 Å². The normalized spacial score (nSPS) is 10.1. The average Bonchev–Trinajstić information content (AvgIpc) is 2.67. The molecule has 0 N–H and O–H groups in total. The number of fused-ring (bicyclic) bond motifs is 1. The van der Waals surface area contributed by atoms with Gasteiger partial charge in [-0.2, -0.15) is 5.10 Å². The molecule has 0 radical (unpaired) electrons. The van der Waals surface area contributed by atoms with E-state index in [1.54, 1.807) is 6.20 Å². The van der Waals surface area contributed by atoms with Gasteiger partial charge in [-0.15, -0.1) is 0 Å². The van der Waals surface area contributed by atoms with Gasteiger partial charge in [-0.1, -0.05) is 27.7 Å². The molecule has 2 heterocycles. The van der Waals surface area contributed by atoms with Crippen molar-refractivity contribution in [3.05, 3.63) is 30.4 Å². The Morgan fingerprint density at radius 2 is 2.00 bits per heavy atom. The van der Waals surface area contributed by atoms with Crippen molar-refractivity contribution in [1.29, 1.82) is 0 Å². The molecule has 0 saturated carbocycles. The van der Waals surface area contributed by atoms with Gasteiger partial charge in [0.15, 0.2) is 0 Å². The zero-order valence-electron chi connectivity index (χ0n) is 9.23. The highest BCUT2D eigenvalue weighted by molar-refractivity contribution is 5.42. The lowest BCUT2D eigenvalue weighted by molar-refractivity contribution is 0.792. The van der Waals surface area contributed by atoms with E-state index in [0.717, 1.165) is 11.2 Å². The van der Waals surface area contributed by atoms with E-state index < -0.39 is 0 Å². The molecule has 0 amide bonds. The van der Waals surface area contributed by atoms with Gasteiger partial charge in [0.25, 0.3) is 0 Å². The molecule has 2 aromatic rings. The molecule has 14 heavy (non-hydrogen) atoms. The summed E-state index contributed by atoms with van der Waals surface area (Å²) < 4.78 is 1.85. The van der Waals surface area contributed by atoms with E-state index in [9.17, 15) is 0 Å². The maximum atomic E-state index is 4.32. The van der Waals surface area contributed by atoms with Crippen LogP contribution in [0.4, 0.5) is 0 Å². The molecule has 0 unspecified atom stereocenters. The van der Waals surface area contributed by atoms with E-state index in [1.807, 2.05) is 36.8 Å². The smallest absolute Gasteiger partial charge is 0.0845 e. The lowest BCUT2D eigenvalue weighted by Crippen LogP contribution is -1.96. The topological polar surface area (TPSA) is 30.2 Å². The van der Waals surface area contributed by atoms with E-state index in [1.165, 1.54) is 0 Å². The molecule has 0 bridgehead atoms. The van der Waals surface area contributed by atoms with Crippen molar-refractivity contribution in [1.82, 2.24) is 14.6 Å². The first-order chi connectivity index (χ1) is 6.77. The van der Waals surface area contributed by atoms with Crippen LogP contribution in [-0.2, 0) is 0 Å². The fourth-order valence-electron chi connectivity index (χ4n) is 1.13. The summed E-state index contributed by atoms with van der Waals surface area (Å²) in [5.74, 6) is 0.457. The van der Waals surface area contributed by atoms with Crippen molar-refractivity contribution in [3.63, 3.8) is 0 Å². The maximum absolute atomic E-state index is 4.32. The molecule has 0 aliphatic carbocycles. The second kappa shape index (κ2) is 4.74. The van der Waals surface area contributed by atoms with Crippen LogP contribution in [0, 0.1) is 0 Å². The molecule has 0 fully saturated rings. The van der Waals surface area contributed by atoms with Crippen molar-refractivity contribution in [2.75, 3.05) is 0 Å². The largest absolute Gasteiger partial charge is 0.257 e. The van der Waals surface area contributed by atoms with Gasteiger partial charge in [0.05, 0.1) is 29.8 Å². The molecule has 0 atom stereocenters. The Labute approximate surface area is 84.8 Å². The maximum Gasteiger partial charge on any atom is 0.0845 e. The van der Waals surface area contributed by atoms with Gasteiger partial charge in [-0.3, -0.25) is 4.98 Å². The van der Waals surface area contributed by atoms with Crippen molar-refractivity contribution in [3.8, 4) is 0 Å². The van der Waals surface area contributed by atoms with Crippen molar-refractivity contribution < 1.29 is 0 Å². The number of rotatable bonds is 1. The summed E-state index contributed by atoms with van der Waals surface area (Å²) in [4.78, 5) is 4.32. The fourth-order valence-corrected chi connectivity index (χ4v) is 1.13. The van der Waals surface area contributed by atoms with Gasteiger partial charge in [-0.05, 0) is 12.0 Å². The second-order valence-electron chi connectivity index (χ2n) is 3.17. The van der Waals surface area contributed by atoms with Crippen LogP contribution in [0.2, 0.25) is 0 Å². The quantitative estimate of drug-likeness (QED) is 0.693. The molecule has 0 aliphatic heterocycles. The van der Waals surface area contributed by atoms with Gasteiger partial charge in [0.1, 0.15) is 0 Å². The first kappa shape index (κ1) is 10.7. The van der Waals surface area contributed by atoms with E-state index in [0.29, 0.717) is 5.92 Å². The van der Waals surface area contributed by atoms with Crippen LogP contribution in [0.3, 0.4) is 0 Å². The van der Waals surface area contributed by atoms with Gasteiger partial charge in [0, 0.05) is 0 Å². The minimum atomic E-state index is 0.457. The third kappa shape index (κ3) is 2.10. The van der Waals surface area contributed by atoms with Crippen LogP contribution in [0.15, 0.2) is 24.7 Å². The van der Waals surface area contributed by atoms with E-state index >= 15 is 0 Å².